The molecule has 6 heteroatoms. The fraction of sp³-hybridized carbons (Fsp3) is 0.200. The number of alkyl halides is 3. The lowest BCUT2D eigenvalue weighted by Gasteiger charge is -2.17. The summed E-state index contributed by atoms with van der Waals surface area (Å²) < 4.78 is 38.6. The molecule has 2 aromatic carbocycles. The third-order valence-electron chi connectivity index (χ3n) is 3.04. The maximum atomic E-state index is 12.5. The minimum Gasteiger partial charge on any atom is -0.377 e. The molecule has 0 spiro atoms. The average molecular weight is 426 g/mol. The van der Waals surface area contributed by atoms with Gasteiger partial charge in [0.2, 0.25) is 0 Å². The molecule has 0 aromatic heterocycles. The molecule has 1 atom stereocenters. The maximum absolute atomic E-state index is 12.5. The molecule has 0 radical (unpaired) electrons. The predicted octanol–water partition coefficient (Wildman–Crippen LogP) is 6.14. The molecule has 2 rings (SSSR count). The molecule has 2 aromatic rings. The smallest absolute Gasteiger partial charge is 0.377 e. The highest BCUT2D eigenvalue weighted by Gasteiger charge is 2.30. The normalized spacial score (nSPS) is 13.0. The van der Waals surface area contributed by atoms with Gasteiger partial charge in [-0.2, -0.15) is 13.2 Å². The Bertz CT molecular complexity index is 626. The fourth-order valence-electron chi connectivity index (χ4n) is 1.88. The maximum Gasteiger partial charge on any atom is 0.416 e. The Hall–Kier alpha value is -0.950. The van der Waals surface area contributed by atoms with E-state index in [2.05, 4.69) is 27.9 Å². The first-order chi connectivity index (χ1) is 9.77. The molecule has 1 N–H and O–H groups in total. The highest BCUT2D eigenvalue weighted by Crippen LogP contribution is 2.31. The summed E-state index contributed by atoms with van der Waals surface area (Å²) in [7, 11) is 0. The Morgan fingerprint density at radius 1 is 1.10 bits per heavy atom. The van der Waals surface area contributed by atoms with Crippen molar-refractivity contribution in [2.45, 2.75) is 19.1 Å². The van der Waals surface area contributed by atoms with Gasteiger partial charge in [0.05, 0.1) is 16.3 Å². The highest BCUT2D eigenvalue weighted by molar-refractivity contribution is 14.1. The number of hydrogen-bond acceptors (Lipinski definition) is 1. The van der Waals surface area contributed by atoms with Gasteiger partial charge in [-0.05, 0) is 65.4 Å². The summed E-state index contributed by atoms with van der Waals surface area (Å²) in [5.74, 6) is 0. The fourth-order valence-corrected chi connectivity index (χ4v) is 2.79. The van der Waals surface area contributed by atoms with Crippen LogP contribution in [-0.4, -0.2) is 0 Å². The van der Waals surface area contributed by atoms with Crippen LogP contribution in [0.1, 0.15) is 24.1 Å². The van der Waals surface area contributed by atoms with E-state index in [1.807, 2.05) is 25.1 Å². The summed E-state index contributed by atoms with van der Waals surface area (Å²) in [6, 6.07) is 10.6. The second kappa shape index (κ2) is 6.44. The first kappa shape index (κ1) is 16.4. The minimum absolute atomic E-state index is 0.148. The monoisotopic (exact) mass is 425 g/mol. The molecule has 0 fully saturated rings. The second-order valence-electron chi connectivity index (χ2n) is 4.61. The molecular formula is C15H12ClF3IN. The Morgan fingerprint density at radius 2 is 1.71 bits per heavy atom. The first-order valence-corrected chi connectivity index (χ1v) is 7.62. The Balaban J connectivity index is 2.15. The zero-order valence-electron chi connectivity index (χ0n) is 11.0. The van der Waals surface area contributed by atoms with Crippen molar-refractivity contribution in [1.29, 1.82) is 0 Å². The number of halogens is 5. The zero-order valence-corrected chi connectivity index (χ0v) is 13.9. The molecule has 0 bridgehead atoms. The van der Waals surface area contributed by atoms with E-state index in [0.717, 1.165) is 27.0 Å². The minimum atomic E-state index is -4.31. The van der Waals surface area contributed by atoms with E-state index in [1.165, 1.54) is 12.1 Å². The van der Waals surface area contributed by atoms with Gasteiger partial charge in [-0.3, -0.25) is 0 Å². The lowest BCUT2D eigenvalue weighted by molar-refractivity contribution is -0.137. The molecule has 0 heterocycles. The third-order valence-corrected chi connectivity index (χ3v) is 4.02. The quantitative estimate of drug-likeness (QED) is 0.583. The van der Waals surface area contributed by atoms with Gasteiger partial charge in [0.15, 0.2) is 0 Å². The van der Waals surface area contributed by atoms with Crippen LogP contribution in [0.3, 0.4) is 0 Å². The molecule has 0 saturated carbocycles. The average Bonchev–Trinajstić information content (AvgIpc) is 2.41. The van der Waals surface area contributed by atoms with Crippen molar-refractivity contribution in [1.82, 2.24) is 0 Å². The number of nitrogens with one attached hydrogen (secondary N) is 1. The molecule has 0 amide bonds. The van der Waals surface area contributed by atoms with Gasteiger partial charge in [-0.15, -0.1) is 0 Å². The van der Waals surface area contributed by atoms with Crippen molar-refractivity contribution in [2.75, 3.05) is 5.32 Å². The standard InChI is InChI=1S/C15H12ClF3IN/c1-9(21-14-7-6-12(20)8-13(14)16)10-2-4-11(5-3-10)15(17,18)19/h2-9,21H,1H3. The molecule has 1 nitrogen and oxygen atoms in total. The van der Waals surface area contributed by atoms with Crippen molar-refractivity contribution in [2.24, 2.45) is 0 Å². The molecular weight excluding hydrogens is 414 g/mol. The van der Waals surface area contributed by atoms with Crippen molar-refractivity contribution < 1.29 is 13.2 Å². The van der Waals surface area contributed by atoms with Gasteiger partial charge < -0.3 is 5.32 Å². The zero-order chi connectivity index (χ0) is 15.6. The number of anilines is 1. The van der Waals surface area contributed by atoms with Crippen molar-refractivity contribution in [3.05, 3.63) is 62.2 Å². The van der Waals surface area contributed by atoms with Crippen LogP contribution in [0, 0.1) is 3.57 Å². The Kier molecular flexibility index (Phi) is 5.03. The predicted molar refractivity (Wildman–Crippen MR) is 87.7 cm³/mol. The lowest BCUT2D eigenvalue weighted by Crippen LogP contribution is -2.09. The van der Waals surface area contributed by atoms with Crippen LogP contribution in [0.5, 0.6) is 0 Å². The van der Waals surface area contributed by atoms with Crippen molar-refractivity contribution in [3.63, 3.8) is 0 Å². The molecule has 0 saturated heterocycles. The summed E-state index contributed by atoms with van der Waals surface area (Å²) in [4.78, 5) is 0. The van der Waals surface area contributed by atoms with E-state index in [-0.39, 0.29) is 6.04 Å². The summed E-state index contributed by atoms with van der Waals surface area (Å²) in [6.45, 7) is 1.87. The molecule has 0 aliphatic carbocycles. The largest absolute Gasteiger partial charge is 0.416 e. The number of benzene rings is 2. The third kappa shape index (κ3) is 4.26. The van der Waals surface area contributed by atoms with Crippen LogP contribution >= 0.6 is 34.2 Å². The van der Waals surface area contributed by atoms with E-state index in [4.69, 9.17) is 11.6 Å². The number of rotatable bonds is 3. The Labute approximate surface area is 139 Å². The van der Waals surface area contributed by atoms with Crippen molar-refractivity contribution in [3.8, 4) is 0 Å². The van der Waals surface area contributed by atoms with Gasteiger partial charge in [-0.1, -0.05) is 23.7 Å². The Morgan fingerprint density at radius 3 is 2.24 bits per heavy atom. The van der Waals surface area contributed by atoms with E-state index in [0.29, 0.717) is 5.02 Å². The first-order valence-electron chi connectivity index (χ1n) is 6.16. The van der Waals surface area contributed by atoms with Crippen LogP contribution in [0.4, 0.5) is 18.9 Å². The summed E-state index contributed by atoms with van der Waals surface area (Å²) in [5, 5.41) is 3.78. The van der Waals surface area contributed by atoms with Gasteiger partial charge in [0.25, 0.3) is 0 Å². The molecule has 1 unspecified atom stereocenters. The summed E-state index contributed by atoms with van der Waals surface area (Å²) >= 11 is 8.29. The van der Waals surface area contributed by atoms with Crippen LogP contribution in [0.25, 0.3) is 0 Å². The van der Waals surface area contributed by atoms with E-state index in [9.17, 15) is 13.2 Å². The van der Waals surface area contributed by atoms with Gasteiger partial charge >= 0.3 is 6.18 Å². The topological polar surface area (TPSA) is 12.0 Å². The summed E-state index contributed by atoms with van der Waals surface area (Å²) in [6.07, 6.45) is -4.31. The SMILES string of the molecule is CC(Nc1ccc(I)cc1Cl)c1ccc(C(F)(F)F)cc1. The van der Waals surface area contributed by atoms with Gasteiger partial charge in [-0.25, -0.2) is 0 Å². The van der Waals surface area contributed by atoms with Gasteiger partial charge in [0, 0.05) is 9.61 Å². The van der Waals surface area contributed by atoms with Crippen LogP contribution in [-0.2, 0) is 6.18 Å². The lowest BCUT2D eigenvalue weighted by atomic mass is 10.1. The second-order valence-corrected chi connectivity index (χ2v) is 6.26. The molecule has 0 aliphatic rings. The van der Waals surface area contributed by atoms with Crippen LogP contribution < -0.4 is 5.32 Å². The van der Waals surface area contributed by atoms with E-state index < -0.39 is 11.7 Å². The number of hydrogen-bond donors (Lipinski definition) is 1. The summed E-state index contributed by atoms with van der Waals surface area (Å²) in [5.41, 5.74) is 0.868. The van der Waals surface area contributed by atoms with Crippen LogP contribution in [0.15, 0.2) is 42.5 Å². The van der Waals surface area contributed by atoms with Gasteiger partial charge in [0.1, 0.15) is 0 Å². The molecule has 112 valence electrons. The highest BCUT2D eigenvalue weighted by atomic mass is 127. The van der Waals surface area contributed by atoms with Crippen molar-refractivity contribution >= 4 is 39.9 Å². The van der Waals surface area contributed by atoms with E-state index >= 15 is 0 Å². The molecule has 0 aliphatic heterocycles. The van der Waals surface area contributed by atoms with E-state index in [1.54, 1.807) is 0 Å². The molecule has 21 heavy (non-hydrogen) atoms. The van der Waals surface area contributed by atoms with Crippen LogP contribution in [0.2, 0.25) is 5.02 Å².